The number of anilines is 1. The van der Waals surface area contributed by atoms with E-state index in [2.05, 4.69) is 36.1 Å². The van der Waals surface area contributed by atoms with E-state index in [1.54, 1.807) is 0 Å². The predicted molar refractivity (Wildman–Crippen MR) is 175 cm³/mol. The summed E-state index contributed by atoms with van der Waals surface area (Å²) in [5.41, 5.74) is 11.0. The van der Waals surface area contributed by atoms with Crippen LogP contribution in [0.5, 0.6) is 0 Å². The van der Waals surface area contributed by atoms with Gasteiger partial charge in [0.2, 0.25) is 0 Å². The van der Waals surface area contributed by atoms with E-state index in [-0.39, 0.29) is 11.6 Å². The first kappa shape index (κ1) is 24.5. The Balaban J connectivity index is 1.44. The number of benzene rings is 5. The standard InChI is InChI=1S/C40H23N3O2/c1-22-18-20-23(21-19-22)43-35-24-10-2-4-12-26(24)37(44)32(35)40(33-36(43)25-11-3-5-13-27(25)38(33)45)29-15-7-6-14-28(29)34-39(40)42-31-17-9-8-16-30(31)41-34/h2-21H,1H3. The number of nitrogens with zero attached hydrogens (tertiary/aromatic N) is 3. The molecule has 0 fully saturated rings. The molecule has 5 heteroatoms. The Hall–Kier alpha value is -5.94. The third-order valence-electron chi connectivity index (χ3n) is 9.78. The summed E-state index contributed by atoms with van der Waals surface area (Å²) in [6.45, 7) is 2.06. The molecule has 3 aliphatic carbocycles. The van der Waals surface area contributed by atoms with Crippen LogP contribution in [0.4, 0.5) is 5.69 Å². The van der Waals surface area contributed by atoms with E-state index in [1.165, 1.54) is 0 Å². The maximum absolute atomic E-state index is 15.0. The molecule has 0 N–H and O–H groups in total. The zero-order chi connectivity index (χ0) is 30.0. The average molecular weight is 578 g/mol. The van der Waals surface area contributed by atoms with E-state index >= 15 is 9.59 Å². The van der Waals surface area contributed by atoms with Gasteiger partial charge in [0, 0.05) is 44.7 Å². The van der Waals surface area contributed by atoms with Crippen molar-refractivity contribution in [2.45, 2.75) is 12.3 Å². The Morgan fingerprint density at radius 2 is 1.02 bits per heavy atom. The predicted octanol–water partition coefficient (Wildman–Crippen LogP) is 7.94. The molecule has 6 aromatic rings. The van der Waals surface area contributed by atoms with Gasteiger partial charge in [-0.2, -0.15) is 0 Å². The molecule has 2 heterocycles. The molecule has 0 radical (unpaired) electrons. The normalized spacial score (nSPS) is 16.6. The maximum atomic E-state index is 15.0. The van der Waals surface area contributed by atoms with E-state index in [4.69, 9.17) is 9.97 Å². The number of fused-ring (bicyclic) bond motifs is 12. The lowest BCUT2D eigenvalue weighted by molar-refractivity contribution is 0.101. The second-order valence-corrected chi connectivity index (χ2v) is 12.1. The first-order valence-corrected chi connectivity index (χ1v) is 15.1. The van der Waals surface area contributed by atoms with Crippen molar-refractivity contribution in [1.82, 2.24) is 9.97 Å². The highest BCUT2D eigenvalue weighted by Crippen LogP contribution is 2.65. The van der Waals surface area contributed by atoms with E-state index in [9.17, 15) is 0 Å². The molecule has 1 aliphatic heterocycles. The van der Waals surface area contributed by atoms with Crippen LogP contribution in [0.25, 0.3) is 33.7 Å². The van der Waals surface area contributed by atoms with Crippen LogP contribution in [0, 0.1) is 6.92 Å². The number of carbonyl (C=O) groups is 2. The topological polar surface area (TPSA) is 63.2 Å². The smallest absolute Gasteiger partial charge is 0.193 e. The minimum Gasteiger partial charge on any atom is -0.308 e. The van der Waals surface area contributed by atoms with Crippen molar-refractivity contribution in [3.63, 3.8) is 0 Å². The van der Waals surface area contributed by atoms with Gasteiger partial charge in [0.05, 0.1) is 33.8 Å². The summed E-state index contributed by atoms with van der Waals surface area (Å²) in [5.74, 6) is -0.184. The summed E-state index contributed by atoms with van der Waals surface area (Å²) in [6, 6.07) is 39.7. The molecule has 10 rings (SSSR count). The van der Waals surface area contributed by atoms with E-state index in [0.717, 1.165) is 55.9 Å². The minimum atomic E-state index is -1.26. The van der Waals surface area contributed by atoms with Gasteiger partial charge in [-0.3, -0.25) is 9.59 Å². The number of allylic oxidation sites excluding steroid dienone is 2. The molecule has 5 aromatic carbocycles. The monoisotopic (exact) mass is 577 g/mol. The summed E-state index contributed by atoms with van der Waals surface area (Å²) in [7, 11) is 0. The van der Waals surface area contributed by atoms with Gasteiger partial charge in [0.25, 0.3) is 0 Å². The van der Waals surface area contributed by atoms with Gasteiger partial charge >= 0.3 is 0 Å². The molecule has 0 saturated heterocycles. The van der Waals surface area contributed by atoms with Crippen LogP contribution in [0.2, 0.25) is 0 Å². The van der Waals surface area contributed by atoms with Crippen LogP contribution >= 0.6 is 0 Å². The fourth-order valence-corrected chi connectivity index (χ4v) is 7.98. The van der Waals surface area contributed by atoms with E-state index in [1.807, 2.05) is 97.1 Å². The summed E-state index contributed by atoms with van der Waals surface area (Å²) in [4.78, 5) is 42.7. The molecule has 210 valence electrons. The Bertz CT molecular complexity index is 2350. The van der Waals surface area contributed by atoms with Crippen molar-refractivity contribution in [3.05, 3.63) is 172 Å². The number of rotatable bonds is 1. The van der Waals surface area contributed by atoms with Crippen LogP contribution in [-0.4, -0.2) is 21.5 Å². The lowest BCUT2D eigenvalue weighted by atomic mass is 9.64. The highest BCUT2D eigenvalue weighted by atomic mass is 16.1. The zero-order valence-electron chi connectivity index (χ0n) is 24.2. The maximum Gasteiger partial charge on any atom is 0.193 e. The Kier molecular flexibility index (Phi) is 4.55. The highest BCUT2D eigenvalue weighted by Gasteiger charge is 2.63. The zero-order valence-corrected chi connectivity index (χ0v) is 24.2. The molecule has 0 bridgehead atoms. The van der Waals surface area contributed by atoms with Crippen molar-refractivity contribution >= 4 is 39.7 Å². The van der Waals surface area contributed by atoms with Gasteiger partial charge in [-0.05, 0) is 36.8 Å². The van der Waals surface area contributed by atoms with Crippen LogP contribution in [0.15, 0.2) is 132 Å². The van der Waals surface area contributed by atoms with Crippen molar-refractivity contribution in [1.29, 1.82) is 0 Å². The number of hydrogen-bond acceptors (Lipinski definition) is 5. The summed E-state index contributed by atoms with van der Waals surface area (Å²) >= 11 is 0. The molecular formula is C40H23N3O2. The molecule has 5 nitrogen and oxygen atoms in total. The van der Waals surface area contributed by atoms with Gasteiger partial charge in [0.1, 0.15) is 5.41 Å². The molecule has 0 atom stereocenters. The highest BCUT2D eigenvalue weighted by molar-refractivity contribution is 6.35. The number of aryl methyl sites for hydroxylation is 1. The Labute approximate surface area is 258 Å². The second kappa shape index (κ2) is 8.36. The van der Waals surface area contributed by atoms with Gasteiger partial charge in [0.15, 0.2) is 11.6 Å². The molecule has 0 unspecified atom stereocenters. The Morgan fingerprint density at radius 3 is 1.62 bits per heavy atom. The van der Waals surface area contributed by atoms with Gasteiger partial charge in [-0.25, -0.2) is 9.97 Å². The Morgan fingerprint density at radius 1 is 0.533 bits per heavy atom. The number of para-hydroxylation sites is 2. The SMILES string of the molecule is Cc1ccc(N2C3=C(C(=O)c4ccccc43)C3(C4=C2c2ccccc2C4=O)c2ccccc2-c2nc4ccccc4nc23)cc1. The fourth-order valence-electron chi connectivity index (χ4n) is 7.98. The number of Topliss-reactive ketones (excluding diaryl/α,β-unsaturated/α-hetero) is 2. The van der Waals surface area contributed by atoms with Crippen LogP contribution in [0.3, 0.4) is 0 Å². The summed E-state index contributed by atoms with van der Waals surface area (Å²) in [6.07, 6.45) is 0. The largest absolute Gasteiger partial charge is 0.308 e. The van der Waals surface area contributed by atoms with Crippen LogP contribution < -0.4 is 4.90 Å². The summed E-state index contributed by atoms with van der Waals surface area (Å²) in [5, 5.41) is 0. The van der Waals surface area contributed by atoms with E-state index < -0.39 is 5.41 Å². The van der Waals surface area contributed by atoms with Gasteiger partial charge in [-0.15, -0.1) is 0 Å². The molecular weight excluding hydrogens is 554 g/mol. The third-order valence-corrected chi connectivity index (χ3v) is 9.78. The third kappa shape index (κ3) is 2.84. The molecule has 45 heavy (non-hydrogen) atoms. The molecule has 1 aromatic heterocycles. The number of carbonyl (C=O) groups excluding carboxylic acids is 2. The van der Waals surface area contributed by atoms with Crippen molar-refractivity contribution in [2.24, 2.45) is 0 Å². The number of hydrogen-bond donors (Lipinski definition) is 0. The van der Waals surface area contributed by atoms with E-state index in [0.29, 0.717) is 33.7 Å². The molecule has 4 aliphatic rings. The summed E-state index contributed by atoms with van der Waals surface area (Å²) < 4.78 is 0. The molecule has 0 saturated carbocycles. The van der Waals surface area contributed by atoms with Gasteiger partial charge in [-0.1, -0.05) is 103 Å². The van der Waals surface area contributed by atoms with Crippen molar-refractivity contribution in [2.75, 3.05) is 4.90 Å². The lowest BCUT2D eigenvalue weighted by Crippen LogP contribution is -2.42. The fraction of sp³-hybridized carbons (Fsp3) is 0.0500. The second-order valence-electron chi connectivity index (χ2n) is 12.1. The van der Waals surface area contributed by atoms with Crippen LogP contribution in [0.1, 0.15) is 48.7 Å². The first-order chi connectivity index (χ1) is 22.1. The number of ketones is 2. The molecule has 0 amide bonds. The molecule has 1 spiro atoms. The number of aromatic nitrogens is 2. The van der Waals surface area contributed by atoms with Crippen LogP contribution in [-0.2, 0) is 5.41 Å². The minimum absolute atomic E-state index is 0.0920. The first-order valence-electron chi connectivity index (χ1n) is 15.1. The van der Waals surface area contributed by atoms with Gasteiger partial charge < -0.3 is 4.90 Å². The lowest BCUT2D eigenvalue weighted by Gasteiger charge is -2.42. The van der Waals surface area contributed by atoms with Crippen molar-refractivity contribution in [3.8, 4) is 11.3 Å². The average Bonchev–Trinajstić information content (AvgIpc) is 3.66. The van der Waals surface area contributed by atoms with Crippen molar-refractivity contribution < 1.29 is 9.59 Å². The quantitative estimate of drug-likeness (QED) is 0.199.